The molecule has 31 heavy (non-hydrogen) atoms. The van der Waals surface area contributed by atoms with Crippen LogP contribution < -0.4 is 4.90 Å². The van der Waals surface area contributed by atoms with Crippen molar-refractivity contribution in [1.29, 1.82) is 0 Å². The summed E-state index contributed by atoms with van der Waals surface area (Å²) in [4.78, 5) is 28.3. The Bertz CT molecular complexity index is 1140. The first-order valence-electron chi connectivity index (χ1n) is 10.1. The predicted molar refractivity (Wildman–Crippen MR) is 124 cm³/mol. The molecule has 0 bridgehead atoms. The van der Waals surface area contributed by atoms with Gasteiger partial charge in [0.2, 0.25) is 0 Å². The van der Waals surface area contributed by atoms with E-state index in [1.54, 1.807) is 24.3 Å². The molecule has 3 aromatic carbocycles. The van der Waals surface area contributed by atoms with E-state index in [0.717, 1.165) is 11.1 Å². The maximum atomic E-state index is 13.5. The highest BCUT2D eigenvalue weighted by Gasteiger charge is 2.40. The summed E-state index contributed by atoms with van der Waals surface area (Å²) < 4.78 is 13.5. The molecule has 0 aromatic heterocycles. The van der Waals surface area contributed by atoms with Crippen LogP contribution in [0, 0.1) is 5.82 Å². The van der Waals surface area contributed by atoms with Crippen LogP contribution in [-0.4, -0.2) is 11.8 Å². The lowest BCUT2D eigenvalue weighted by molar-refractivity contribution is -0.119. The van der Waals surface area contributed by atoms with Gasteiger partial charge in [0.15, 0.2) is 0 Å². The summed E-state index contributed by atoms with van der Waals surface area (Å²) in [6, 6.07) is 23.0. The normalized spacial score (nSPS) is 14.1. The molecule has 0 fully saturated rings. The zero-order chi connectivity index (χ0) is 22.0. The number of halogens is 1. The second kappa shape index (κ2) is 8.90. The third kappa shape index (κ3) is 4.32. The molecule has 3 aromatic rings. The number of imide groups is 1. The van der Waals surface area contributed by atoms with Crippen molar-refractivity contribution >= 4 is 34.8 Å². The Balaban J connectivity index is 1.71. The molecule has 0 radical (unpaired) electrons. The van der Waals surface area contributed by atoms with E-state index < -0.39 is 0 Å². The highest BCUT2D eigenvalue weighted by Crippen LogP contribution is 2.39. The smallest absolute Gasteiger partial charge is 0.268 e. The summed E-state index contributed by atoms with van der Waals surface area (Å²) in [5, 5.41) is 0. The van der Waals surface area contributed by atoms with Gasteiger partial charge in [-0.1, -0.05) is 68.4 Å². The number of anilines is 1. The predicted octanol–water partition coefficient (Wildman–Crippen LogP) is 6.17. The van der Waals surface area contributed by atoms with Crippen molar-refractivity contribution in [2.75, 3.05) is 4.90 Å². The van der Waals surface area contributed by atoms with Gasteiger partial charge in [-0.3, -0.25) is 9.59 Å². The second-order valence-electron chi connectivity index (χ2n) is 7.68. The fourth-order valence-corrected chi connectivity index (χ4v) is 4.55. The number of rotatable bonds is 6. The third-order valence-electron chi connectivity index (χ3n) is 5.22. The molecule has 0 N–H and O–H groups in total. The molecule has 1 heterocycles. The molecule has 0 spiro atoms. The Labute approximate surface area is 185 Å². The van der Waals surface area contributed by atoms with Crippen LogP contribution in [0.2, 0.25) is 0 Å². The Morgan fingerprint density at radius 1 is 0.839 bits per heavy atom. The molecule has 2 amide bonds. The number of hydrogen-bond acceptors (Lipinski definition) is 3. The van der Waals surface area contributed by atoms with E-state index in [4.69, 9.17) is 0 Å². The number of amides is 2. The number of hydrogen-bond donors (Lipinski definition) is 0. The first-order valence-corrected chi connectivity index (χ1v) is 11.1. The van der Waals surface area contributed by atoms with Crippen molar-refractivity contribution in [1.82, 2.24) is 0 Å². The van der Waals surface area contributed by atoms with Crippen molar-refractivity contribution in [3.63, 3.8) is 0 Å². The van der Waals surface area contributed by atoms with Gasteiger partial charge in [-0.15, -0.1) is 11.8 Å². The molecule has 0 unspecified atom stereocenters. The lowest BCUT2D eigenvalue weighted by Crippen LogP contribution is -2.31. The fourth-order valence-electron chi connectivity index (χ4n) is 3.49. The van der Waals surface area contributed by atoms with Crippen LogP contribution in [0.25, 0.3) is 5.57 Å². The van der Waals surface area contributed by atoms with Gasteiger partial charge >= 0.3 is 0 Å². The van der Waals surface area contributed by atoms with E-state index in [9.17, 15) is 14.0 Å². The second-order valence-corrected chi connectivity index (χ2v) is 8.66. The summed E-state index contributed by atoms with van der Waals surface area (Å²) >= 11 is 1.34. The van der Waals surface area contributed by atoms with Gasteiger partial charge in [-0.2, -0.15) is 0 Å². The van der Waals surface area contributed by atoms with Crippen molar-refractivity contribution in [2.24, 2.45) is 0 Å². The van der Waals surface area contributed by atoms with Gasteiger partial charge in [0.25, 0.3) is 11.8 Å². The van der Waals surface area contributed by atoms with Crippen LogP contribution in [0.15, 0.2) is 83.8 Å². The van der Waals surface area contributed by atoms with Crippen LogP contribution in [0.5, 0.6) is 0 Å². The topological polar surface area (TPSA) is 37.4 Å². The molecule has 0 aliphatic carbocycles. The lowest BCUT2D eigenvalue weighted by Gasteiger charge is -2.16. The quantitative estimate of drug-likeness (QED) is 0.438. The van der Waals surface area contributed by atoms with E-state index >= 15 is 0 Å². The van der Waals surface area contributed by atoms with Gasteiger partial charge < -0.3 is 0 Å². The monoisotopic (exact) mass is 431 g/mol. The van der Waals surface area contributed by atoms with Crippen molar-refractivity contribution in [3.05, 3.63) is 106 Å². The Hall–Kier alpha value is -3.18. The molecule has 0 atom stereocenters. The Kier molecular flexibility index (Phi) is 6.05. The average Bonchev–Trinajstić information content (AvgIpc) is 3.03. The van der Waals surface area contributed by atoms with E-state index in [1.807, 2.05) is 42.5 Å². The summed E-state index contributed by atoms with van der Waals surface area (Å²) in [7, 11) is 0. The largest absolute Gasteiger partial charge is 0.272 e. The van der Waals surface area contributed by atoms with Gasteiger partial charge in [0, 0.05) is 5.75 Å². The zero-order valence-electron chi connectivity index (χ0n) is 17.3. The van der Waals surface area contributed by atoms with Crippen molar-refractivity contribution in [3.8, 4) is 0 Å². The maximum absolute atomic E-state index is 13.5. The van der Waals surface area contributed by atoms with E-state index in [0.29, 0.717) is 33.4 Å². The van der Waals surface area contributed by atoms with Gasteiger partial charge in [-0.05, 0) is 46.9 Å². The minimum absolute atomic E-state index is 0.318. The van der Waals surface area contributed by atoms with E-state index in [-0.39, 0.29) is 17.6 Å². The number of carbonyl (C=O) groups excluding carboxylic acids is 2. The Morgan fingerprint density at radius 2 is 1.48 bits per heavy atom. The molecule has 1 aliphatic heterocycles. The standard InChI is InChI=1S/C26H22FNO2S/c1-17(2)19-10-14-22(15-11-19)28-25(29)23(20-8-12-21(27)13-9-20)24(26(28)30)31-16-18-6-4-3-5-7-18/h3-15,17H,16H2,1-2H3. The zero-order valence-corrected chi connectivity index (χ0v) is 18.2. The van der Waals surface area contributed by atoms with E-state index in [1.165, 1.54) is 28.8 Å². The van der Waals surface area contributed by atoms with Crippen LogP contribution in [0.3, 0.4) is 0 Å². The first-order chi connectivity index (χ1) is 15.0. The van der Waals surface area contributed by atoms with Crippen molar-refractivity contribution < 1.29 is 14.0 Å². The Morgan fingerprint density at radius 3 is 2.10 bits per heavy atom. The van der Waals surface area contributed by atoms with Gasteiger partial charge in [0.05, 0.1) is 16.2 Å². The highest BCUT2D eigenvalue weighted by molar-refractivity contribution is 8.03. The number of benzene rings is 3. The summed E-state index contributed by atoms with van der Waals surface area (Å²) in [5.74, 6) is -0.211. The molecule has 0 saturated heterocycles. The molecular formula is C26H22FNO2S. The highest BCUT2D eigenvalue weighted by atomic mass is 32.2. The molecule has 5 heteroatoms. The molecule has 4 rings (SSSR count). The van der Waals surface area contributed by atoms with Crippen LogP contribution in [-0.2, 0) is 15.3 Å². The van der Waals surface area contributed by atoms with Crippen LogP contribution in [0.4, 0.5) is 10.1 Å². The molecular weight excluding hydrogens is 409 g/mol. The summed E-state index contributed by atoms with van der Waals surface area (Å²) in [5.41, 5.74) is 3.58. The number of nitrogens with zero attached hydrogens (tertiary/aromatic N) is 1. The maximum Gasteiger partial charge on any atom is 0.272 e. The molecule has 0 saturated carbocycles. The minimum atomic E-state index is -0.388. The number of carbonyl (C=O) groups is 2. The first kappa shape index (κ1) is 21.1. The molecule has 156 valence electrons. The summed E-state index contributed by atoms with van der Waals surface area (Å²) in [6.07, 6.45) is 0. The van der Waals surface area contributed by atoms with Gasteiger partial charge in [-0.25, -0.2) is 9.29 Å². The van der Waals surface area contributed by atoms with Crippen molar-refractivity contribution in [2.45, 2.75) is 25.5 Å². The third-order valence-corrected chi connectivity index (χ3v) is 6.36. The average molecular weight is 432 g/mol. The lowest BCUT2D eigenvalue weighted by atomic mass is 10.0. The fraction of sp³-hybridized carbons (Fsp3) is 0.154. The summed E-state index contributed by atoms with van der Waals surface area (Å²) in [6.45, 7) is 4.18. The SMILES string of the molecule is CC(C)c1ccc(N2C(=O)C(SCc3ccccc3)=C(c3ccc(F)cc3)C2=O)cc1. The minimum Gasteiger partial charge on any atom is -0.268 e. The van der Waals surface area contributed by atoms with Crippen LogP contribution >= 0.6 is 11.8 Å². The molecule has 3 nitrogen and oxygen atoms in total. The molecule has 1 aliphatic rings. The van der Waals surface area contributed by atoms with Crippen LogP contribution in [0.1, 0.15) is 36.5 Å². The van der Waals surface area contributed by atoms with E-state index in [2.05, 4.69) is 13.8 Å². The number of thioether (sulfide) groups is 1. The van der Waals surface area contributed by atoms with Gasteiger partial charge in [0.1, 0.15) is 5.82 Å².